The third-order valence-corrected chi connectivity index (χ3v) is 9.27. The summed E-state index contributed by atoms with van der Waals surface area (Å²) in [6.07, 6.45) is 0. The maximum Gasteiger partial charge on any atom is 0.0555 e. The zero-order valence-corrected chi connectivity index (χ0v) is 23.8. The molecule has 0 fully saturated rings. The fourth-order valence-corrected chi connectivity index (χ4v) is 7.35. The first-order chi connectivity index (χ1) is 20.8. The summed E-state index contributed by atoms with van der Waals surface area (Å²) in [6, 6.07) is 59.1. The second kappa shape index (κ2) is 10.3. The van der Waals surface area contributed by atoms with Crippen LogP contribution in [0.25, 0.3) is 53.2 Å². The van der Waals surface area contributed by atoms with Gasteiger partial charge >= 0.3 is 0 Å². The summed E-state index contributed by atoms with van der Waals surface area (Å²) in [5, 5.41) is 5.18. The van der Waals surface area contributed by atoms with Gasteiger partial charge < -0.3 is 4.90 Å². The third-order valence-electron chi connectivity index (χ3n) is 8.07. The van der Waals surface area contributed by atoms with Gasteiger partial charge in [0, 0.05) is 31.4 Å². The number of benzene rings is 7. The molecule has 1 nitrogen and oxygen atoms in total. The average molecular weight is 554 g/mol. The monoisotopic (exact) mass is 553 g/mol. The summed E-state index contributed by atoms with van der Waals surface area (Å²) in [6.45, 7) is 0. The Balaban J connectivity index is 1.40. The molecule has 7 aromatic carbocycles. The predicted octanol–water partition coefficient (Wildman–Crippen LogP) is 12.0. The van der Waals surface area contributed by atoms with Crippen LogP contribution in [0.3, 0.4) is 0 Å². The molecule has 1 aromatic heterocycles. The number of hydrogen-bond acceptors (Lipinski definition) is 2. The van der Waals surface area contributed by atoms with Gasteiger partial charge in [-0.15, -0.1) is 11.3 Å². The molecule has 0 bridgehead atoms. The zero-order chi connectivity index (χ0) is 27.9. The highest BCUT2D eigenvalue weighted by atomic mass is 32.1. The first kappa shape index (κ1) is 24.6. The Labute approximate surface area is 249 Å². The van der Waals surface area contributed by atoms with Gasteiger partial charge in [-0.1, -0.05) is 133 Å². The molecular weight excluding hydrogens is 527 g/mol. The fourth-order valence-electron chi connectivity index (χ4n) is 6.09. The summed E-state index contributed by atoms with van der Waals surface area (Å²) in [5.41, 5.74) is 8.30. The van der Waals surface area contributed by atoms with Crippen molar-refractivity contribution >= 4 is 59.3 Å². The molecule has 0 saturated carbocycles. The van der Waals surface area contributed by atoms with E-state index >= 15 is 0 Å². The summed E-state index contributed by atoms with van der Waals surface area (Å²) < 4.78 is 2.63. The Bertz CT molecular complexity index is 2180. The van der Waals surface area contributed by atoms with E-state index in [0.29, 0.717) is 0 Å². The summed E-state index contributed by atoms with van der Waals surface area (Å²) in [4.78, 5) is 2.45. The lowest BCUT2D eigenvalue weighted by atomic mass is 10.00. The molecule has 8 aromatic rings. The van der Waals surface area contributed by atoms with Gasteiger partial charge in [-0.05, 0) is 57.8 Å². The highest BCUT2D eigenvalue weighted by molar-refractivity contribution is 7.26. The van der Waals surface area contributed by atoms with Crippen LogP contribution in [0.4, 0.5) is 17.1 Å². The molecule has 0 aliphatic carbocycles. The van der Waals surface area contributed by atoms with E-state index < -0.39 is 0 Å². The molecule has 198 valence electrons. The molecule has 1 heterocycles. The van der Waals surface area contributed by atoms with Crippen molar-refractivity contribution in [3.8, 4) is 22.3 Å². The quantitative estimate of drug-likeness (QED) is 0.205. The highest BCUT2D eigenvalue weighted by Crippen LogP contribution is 2.48. The number of fused-ring (bicyclic) bond motifs is 5. The van der Waals surface area contributed by atoms with E-state index in [-0.39, 0.29) is 0 Å². The van der Waals surface area contributed by atoms with E-state index in [2.05, 4.69) is 169 Å². The van der Waals surface area contributed by atoms with Crippen molar-refractivity contribution in [2.75, 3.05) is 4.90 Å². The molecule has 0 amide bonds. The molecule has 42 heavy (non-hydrogen) atoms. The third kappa shape index (κ3) is 4.16. The topological polar surface area (TPSA) is 3.24 Å². The molecule has 0 radical (unpaired) electrons. The van der Waals surface area contributed by atoms with Crippen LogP contribution in [0.5, 0.6) is 0 Å². The number of anilines is 3. The van der Waals surface area contributed by atoms with E-state index in [1.807, 2.05) is 11.3 Å². The number of nitrogens with zero attached hydrogens (tertiary/aromatic N) is 1. The van der Waals surface area contributed by atoms with Gasteiger partial charge in [0.25, 0.3) is 0 Å². The van der Waals surface area contributed by atoms with Gasteiger partial charge in [-0.25, -0.2) is 0 Å². The van der Waals surface area contributed by atoms with Crippen LogP contribution in [0.1, 0.15) is 0 Å². The van der Waals surface area contributed by atoms with Crippen LogP contribution in [-0.4, -0.2) is 0 Å². The molecule has 0 spiro atoms. The SMILES string of the molecule is c1ccc(-c2ccc(N(c3ccccc3-c3ccccc3)c3cccc4sc5c6ccccc6ccc5c34)cc2)cc1. The van der Waals surface area contributed by atoms with Crippen molar-refractivity contribution in [3.63, 3.8) is 0 Å². The lowest BCUT2D eigenvalue weighted by Crippen LogP contribution is -2.11. The Kier molecular flexibility index (Phi) is 6.05. The van der Waals surface area contributed by atoms with Crippen molar-refractivity contribution in [1.29, 1.82) is 0 Å². The van der Waals surface area contributed by atoms with E-state index in [1.54, 1.807) is 0 Å². The van der Waals surface area contributed by atoms with Crippen molar-refractivity contribution < 1.29 is 0 Å². The van der Waals surface area contributed by atoms with Crippen molar-refractivity contribution in [1.82, 2.24) is 0 Å². The lowest BCUT2D eigenvalue weighted by Gasteiger charge is -2.29. The van der Waals surface area contributed by atoms with Crippen LogP contribution < -0.4 is 4.90 Å². The van der Waals surface area contributed by atoms with E-state index in [1.165, 1.54) is 58.9 Å². The van der Waals surface area contributed by atoms with E-state index in [0.717, 1.165) is 11.4 Å². The molecular formula is C40H27NS. The molecule has 8 rings (SSSR count). The van der Waals surface area contributed by atoms with Crippen LogP contribution in [0, 0.1) is 0 Å². The number of rotatable bonds is 5. The van der Waals surface area contributed by atoms with Gasteiger partial charge in [0.1, 0.15) is 0 Å². The smallest absolute Gasteiger partial charge is 0.0555 e. The molecule has 0 saturated heterocycles. The zero-order valence-electron chi connectivity index (χ0n) is 22.9. The molecule has 0 atom stereocenters. The maximum absolute atomic E-state index is 2.45. The number of thiophene rings is 1. The van der Waals surface area contributed by atoms with Crippen molar-refractivity contribution in [3.05, 3.63) is 164 Å². The van der Waals surface area contributed by atoms with E-state index in [4.69, 9.17) is 0 Å². The minimum Gasteiger partial charge on any atom is -0.309 e. The van der Waals surface area contributed by atoms with Crippen molar-refractivity contribution in [2.45, 2.75) is 0 Å². The molecule has 0 aliphatic rings. The normalized spacial score (nSPS) is 11.3. The Morgan fingerprint density at radius 1 is 0.405 bits per heavy atom. The first-order valence-electron chi connectivity index (χ1n) is 14.3. The van der Waals surface area contributed by atoms with Gasteiger partial charge in [-0.3, -0.25) is 0 Å². The fraction of sp³-hybridized carbons (Fsp3) is 0. The summed E-state index contributed by atoms with van der Waals surface area (Å²) in [5.74, 6) is 0. The van der Waals surface area contributed by atoms with Crippen LogP contribution in [0.15, 0.2) is 164 Å². The summed E-state index contributed by atoms with van der Waals surface area (Å²) >= 11 is 1.89. The lowest BCUT2D eigenvalue weighted by molar-refractivity contribution is 1.30. The van der Waals surface area contributed by atoms with E-state index in [9.17, 15) is 0 Å². The predicted molar refractivity (Wildman–Crippen MR) is 182 cm³/mol. The second-order valence-electron chi connectivity index (χ2n) is 10.5. The molecule has 0 aliphatic heterocycles. The van der Waals surface area contributed by atoms with Gasteiger partial charge in [0.15, 0.2) is 0 Å². The minimum absolute atomic E-state index is 1.13. The number of para-hydroxylation sites is 1. The Morgan fingerprint density at radius 3 is 1.86 bits per heavy atom. The second-order valence-corrected chi connectivity index (χ2v) is 11.6. The Hall–Kier alpha value is -5.18. The summed E-state index contributed by atoms with van der Waals surface area (Å²) in [7, 11) is 0. The Morgan fingerprint density at radius 2 is 1.05 bits per heavy atom. The first-order valence-corrected chi connectivity index (χ1v) is 15.1. The van der Waals surface area contributed by atoms with Gasteiger partial charge in [0.05, 0.1) is 11.4 Å². The van der Waals surface area contributed by atoms with Crippen LogP contribution >= 0.6 is 11.3 Å². The van der Waals surface area contributed by atoms with Crippen LogP contribution in [-0.2, 0) is 0 Å². The largest absolute Gasteiger partial charge is 0.309 e. The molecule has 2 heteroatoms. The maximum atomic E-state index is 2.45. The average Bonchev–Trinajstić information content (AvgIpc) is 3.46. The highest BCUT2D eigenvalue weighted by Gasteiger charge is 2.21. The van der Waals surface area contributed by atoms with Gasteiger partial charge in [-0.2, -0.15) is 0 Å². The van der Waals surface area contributed by atoms with Gasteiger partial charge in [0.2, 0.25) is 0 Å². The van der Waals surface area contributed by atoms with Crippen molar-refractivity contribution in [2.24, 2.45) is 0 Å². The molecule has 0 unspecified atom stereocenters. The minimum atomic E-state index is 1.13. The standard InChI is InChI=1S/C40H27NS/c1-3-12-28(13-4-1)29-22-25-32(26-23-29)41(36-19-10-9-17-33(36)30-14-5-2-6-15-30)37-20-11-21-38-39(37)35-27-24-31-16-7-8-18-34(31)40(35)42-38/h1-27H. The van der Waals surface area contributed by atoms with Crippen LogP contribution in [0.2, 0.25) is 0 Å². The molecule has 0 N–H and O–H groups in total. The number of hydrogen-bond donors (Lipinski definition) is 0.